The highest BCUT2D eigenvalue weighted by molar-refractivity contribution is 5.73. The largest absolute Gasteiger partial charge is 0.479 e. The lowest BCUT2D eigenvalue weighted by Gasteiger charge is -2.41. The van der Waals surface area contributed by atoms with Crippen molar-refractivity contribution in [2.75, 3.05) is 0 Å². The molecule has 11 nitrogen and oxygen atoms in total. The van der Waals surface area contributed by atoms with Gasteiger partial charge in [-0.05, 0) is 6.92 Å². The fraction of sp³-hybridized carbons (Fsp3) is 0.833. The molecule has 0 radical (unpaired) electrons. The van der Waals surface area contributed by atoms with E-state index in [1.54, 1.807) is 0 Å². The molecule has 0 aromatic carbocycles. The zero-order valence-corrected chi connectivity index (χ0v) is 12.3. The number of aliphatic hydroxyl groups excluding tert-OH is 4. The lowest BCUT2D eigenvalue weighted by atomic mass is 9.97. The van der Waals surface area contributed by atoms with Gasteiger partial charge < -0.3 is 51.3 Å². The van der Waals surface area contributed by atoms with E-state index in [1.165, 1.54) is 6.92 Å². The van der Waals surface area contributed by atoms with Crippen LogP contribution in [0, 0.1) is 0 Å². The SMILES string of the molecule is C[C@@H](O)[C@H](N)[C@H](O[C@H]1O[C@H](C(=O)O)[C@H](O)[C@H](O)[C@H]1O)[C@@H](N)C=O. The lowest BCUT2D eigenvalue weighted by molar-refractivity contribution is -0.307. The zero-order chi connectivity index (χ0) is 17.9. The van der Waals surface area contributed by atoms with Crippen LogP contribution in [0.5, 0.6) is 0 Å². The van der Waals surface area contributed by atoms with Crippen molar-refractivity contribution in [2.45, 2.75) is 61.9 Å². The molecule has 23 heavy (non-hydrogen) atoms. The van der Waals surface area contributed by atoms with Crippen LogP contribution in [0.1, 0.15) is 6.92 Å². The summed E-state index contributed by atoms with van der Waals surface area (Å²) in [5, 5.41) is 47.5. The highest BCUT2D eigenvalue weighted by atomic mass is 16.7. The normalized spacial score (nSPS) is 36.7. The average Bonchev–Trinajstić information content (AvgIpc) is 2.50. The Bertz CT molecular complexity index is 421. The van der Waals surface area contributed by atoms with Gasteiger partial charge in [-0.3, -0.25) is 0 Å². The smallest absolute Gasteiger partial charge is 0.335 e. The van der Waals surface area contributed by atoms with E-state index in [0.29, 0.717) is 6.29 Å². The topological polar surface area (TPSA) is 206 Å². The van der Waals surface area contributed by atoms with E-state index >= 15 is 0 Å². The van der Waals surface area contributed by atoms with Crippen molar-refractivity contribution in [1.82, 2.24) is 0 Å². The molecule has 0 saturated carbocycles. The summed E-state index contributed by atoms with van der Waals surface area (Å²) >= 11 is 0. The number of rotatable bonds is 7. The summed E-state index contributed by atoms with van der Waals surface area (Å²) in [5.41, 5.74) is 11.2. The van der Waals surface area contributed by atoms with E-state index in [-0.39, 0.29) is 0 Å². The van der Waals surface area contributed by atoms with Crippen molar-refractivity contribution in [1.29, 1.82) is 0 Å². The molecule has 0 aromatic heterocycles. The zero-order valence-electron chi connectivity index (χ0n) is 12.3. The van der Waals surface area contributed by atoms with Crippen LogP contribution in [0.3, 0.4) is 0 Å². The van der Waals surface area contributed by atoms with E-state index in [0.717, 1.165) is 0 Å². The van der Waals surface area contributed by atoms with Crippen LogP contribution in [0.25, 0.3) is 0 Å². The van der Waals surface area contributed by atoms with E-state index in [1.807, 2.05) is 0 Å². The average molecular weight is 338 g/mol. The third-order valence-electron chi connectivity index (χ3n) is 3.58. The van der Waals surface area contributed by atoms with E-state index < -0.39 is 61.0 Å². The summed E-state index contributed by atoms with van der Waals surface area (Å²) in [7, 11) is 0. The minimum atomic E-state index is -1.88. The summed E-state index contributed by atoms with van der Waals surface area (Å²) in [4.78, 5) is 21.9. The quantitative estimate of drug-likeness (QED) is 0.220. The second-order valence-corrected chi connectivity index (χ2v) is 5.37. The summed E-state index contributed by atoms with van der Waals surface area (Å²) in [6.07, 6.45) is -11.3. The summed E-state index contributed by atoms with van der Waals surface area (Å²) in [6, 6.07) is -2.46. The fourth-order valence-electron chi connectivity index (χ4n) is 2.11. The summed E-state index contributed by atoms with van der Waals surface area (Å²) in [5.74, 6) is -1.59. The third-order valence-corrected chi connectivity index (χ3v) is 3.58. The van der Waals surface area contributed by atoms with Gasteiger partial charge in [0.15, 0.2) is 12.4 Å². The van der Waals surface area contributed by atoms with Gasteiger partial charge in [0.05, 0.1) is 18.2 Å². The molecule has 1 aliphatic rings. The molecule has 11 heteroatoms. The Morgan fingerprint density at radius 2 is 1.78 bits per heavy atom. The summed E-state index contributed by atoms with van der Waals surface area (Å²) < 4.78 is 10.1. The van der Waals surface area contributed by atoms with Gasteiger partial charge in [-0.25, -0.2) is 4.79 Å². The molecule has 1 heterocycles. The number of carboxylic acid groups (broad SMARTS) is 1. The molecule has 0 spiro atoms. The number of aliphatic hydroxyl groups is 4. The van der Waals surface area contributed by atoms with Crippen LogP contribution in [-0.4, -0.2) is 92.8 Å². The Morgan fingerprint density at radius 1 is 1.22 bits per heavy atom. The molecule has 0 bridgehead atoms. The number of carboxylic acids is 1. The number of hydrogen-bond donors (Lipinski definition) is 7. The lowest BCUT2D eigenvalue weighted by Crippen LogP contribution is -2.63. The van der Waals surface area contributed by atoms with E-state index in [9.17, 15) is 30.0 Å². The van der Waals surface area contributed by atoms with Crippen molar-refractivity contribution in [2.24, 2.45) is 11.5 Å². The maximum Gasteiger partial charge on any atom is 0.335 e. The maximum absolute atomic E-state index is 11.0. The Balaban J connectivity index is 2.97. The monoisotopic (exact) mass is 338 g/mol. The molecule has 9 N–H and O–H groups in total. The van der Waals surface area contributed by atoms with Crippen molar-refractivity contribution in [3.05, 3.63) is 0 Å². The first-order valence-electron chi connectivity index (χ1n) is 6.84. The molecule has 0 aliphatic carbocycles. The van der Waals surface area contributed by atoms with Gasteiger partial charge in [-0.2, -0.15) is 0 Å². The first-order chi connectivity index (χ1) is 10.6. The molecule has 0 aromatic rings. The van der Waals surface area contributed by atoms with Crippen molar-refractivity contribution in [3.63, 3.8) is 0 Å². The van der Waals surface area contributed by atoms with Gasteiger partial charge in [0.2, 0.25) is 0 Å². The molecular formula is C12H22N2O9. The molecule has 1 aliphatic heterocycles. The Morgan fingerprint density at radius 3 is 2.22 bits per heavy atom. The van der Waals surface area contributed by atoms with Gasteiger partial charge in [0.25, 0.3) is 0 Å². The van der Waals surface area contributed by atoms with Crippen LogP contribution in [0.4, 0.5) is 0 Å². The molecule has 9 atom stereocenters. The van der Waals surface area contributed by atoms with Gasteiger partial charge in [-0.1, -0.05) is 0 Å². The first-order valence-corrected chi connectivity index (χ1v) is 6.84. The predicted octanol–water partition coefficient (Wildman–Crippen LogP) is -4.50. The molecule has 134 valence electrons. The maximum atomic E-state index is 11.0. The number of hydrogen-bond acceptors (Lipinski definition) is 10. The van der Waals surface area contributed by atoms with Crippen molar-refractivity contribution < 1.29 is 44.6 Å². The van der Waals surface area contributed by atoms with Crippen LogP contribution in [-0.2, 0) is 19.1 Å². The number of carbonyl (C=O) groups is 2. The number of ether oxygens (including phenoxy) is 2. The Labute approximate surface area is 131 Å². The number of nitrogens with two attached hydrogens (primary N) is 2. The van der Waals surface area contributed by atoms with Gasteiger partial charge in [-0.15, -0.1) is 0 Å². The minimum absolute atomic E-state index is 0.294. The number of aliphatic carboxylic acids is 1. The molecule has 1 rings (SSSR count). The highest BCUT2D eigenvalue weighted by Gasteiger charge is 2.49. The van der Waals surface area contributed by atoms with Crippen LogP contribution < -0.4 is 11.5 Å². The number of aldehydes is 1. The van der Waals surface area contributed by atoms with Gasteiger partial charge in [0.1, 0.15) is 30.7 Å². The van der Waals surface area contributed by atoms with Crippen LogP contribution in [0.15, 0.2) is 0 Å². The van der Waals surface area contributed by atoms with E-state index in [2.05, 4.69) is 0 Å². The van der Waals surface area contributed by atoms with Crippen molar-refractivity contribution in [3.8, 4) is 0 Å². The van der Waals surface area contributed by atoms with E-state index in [4.69, 9.17) is 26.0 Å². The predicted molar refractivity (Wildman–Crippen MR) is 72.9 cm³/mol. The van der Waals surface area contributed by atoms with Crippen LogP contribution in [0.2, 0.25) is 0 Å². The molecule has 0 unspecified atom stereocenters. The molecular weight excluding hydrogens is 316 g/mol. The number of carbonyl (C=O) groups excluding carboxylic acids is 1. The van der Waals surface area contributed by atoms with Gasteiger partial charge in [0, 0.05) is 0 Å². The van der Waals surface area contributed by atoms with Gasteiger partial charge >= 0.3 is 5.97 Å². The second-order valence-electron chi connectivity index (χ2n) is 5.37. The molecule has 1 fully saturated rings. The second kappa shape index (κ2) is 8.08. The first kappa shape index (κ1) is 19.9. The summed E-state index contributed by atoms with van der Waals surface area (Å²) in [6.45, 7) is 1.31. The van der Waals surface area contributed by atoms with Crippen LogP contribution >= 0.6 is 0 Å². The highest BCUT2D eigenvalue weighted by Crippen LogP contribution is 2.24. The van der Waals surface area contributed by atoms with Crippen molar-refractivity contribution >= 4 is 12.3 Å². The third kappa shape index (κ3) is 4.43. The standard InChI is InChI=1S/C12H22N2O9/c1-3(16)5(14)9(4(13)2-15)22-12-8(19)6(17)7(18)10(23-12)11(20)21/h2-10,12,16-19H,13-14H2,1H3,(H,20,21)/t3-,4+,5+,6+,7-,8-,9-,10+,12+/m1/s1. The Kier molecular flexibility index (Phi) is 6.98. The fourth-order valence-corrected chi connectivity index (χ4v) is 2.11. The molecule has 1 saturated heterocycles. The Hall–Kier alpha value is -1.18. The minimum Gasteiger partial charge on any atom is -0.479 e. The molecule has 0 amide bonds.